The Balaban J connectivity index is 2.05. The van der Waals surface area contributed by atoms with Gasteiger partial charge in [-0.1, -0.05) is 6.92 Å². The molecule has 0 saturated carbocycles. The van der Waals surface area contributed by atoms with Gasteiger partial charge in [0.25, 0.3) is 0 Å². The molecule has 2 rings (SSSR count). The van der Waals surface area contributed by atoms with Gasteiger partial charge >= 0.3 is 0 Å². The minimum absolute atomic E-state index is 0.0471. The van der Waals surface area contributed by atoms with Crippen LogP contribution in [0, 0.1) is 11.8 Å². The smallest absolute Gasteiger partial charge is 0.144 e. The number of ketones is 1. The molecule has 0 amide bonds. The molecule has 0 aromatic carbocycles. The van der Waals surface area contributed by atoms with Gasteiger partial charge in [-0.15, -0.1) is 11.3 Å². The van der Waals surface area contributed by atoms with Gasteiger partial charge in [-0.3, -0.25) is 4.79 Å². The van der Waals surface area contributed by atoms with Crippen LogP contribution >= 0.6 is 27.3 Å². The van der Waals surface area contributed by atoms with E-state index < -0.39 is 0 Å². The predicted molar refractivity (Wildman–Crippen MR) is 73.4 cm³/mol. The maximum absolute atomic E-state index is 12.3. The quantitative estimate of drug-likeness (QED) is 0.850. The highest BCUT2D eigenvalue weighted by Crippen LogP contribution is 2.34. The Morgan fingerprint density at radius 1 is 1.35 bits per heavy atom. The molecule has 1 aliphatic rings. The highest BCUT2D eigenvalue weighted by molar-refractivity contribution is 9.11. The molecule has 2 heterocycles. The summed E-state index contributed by atoms with van der Waals surface area (Å²) in [5.41, 5.74) is 0. The molecule has 94 valence electrons. The standard InChI is InChI=1S/C13H17BrO2S/c1-7-8(2)16-9(3)13(7)11(15)6-10-4-5-12(14)17-10/h4-5,7-9,13H,6H2,1-3H3. The first kappa shape index (κ1) is 13.2. The normalized spacial score (nSPS) is 32.9. The maximum Gasteiger partial charge on any atom is 0.144 e. The molecule has 1 saturated heterocycles. The zero-order valence-corrected chi connectivity index (χ0v) is 12.7. The molecule has 0 N–H and O–H groups in total. The third-order valence-corrected chi connectivity index (χ3v) is 5.21. The van der Waals surface area contributed by atoms with Crippen LogP contribution in [0.5, 0.6) is 0 Å². The number of rotatable bonds is 3. The number of hydrogen-bond donors (Lipinski definition) is 0. The summed E-state index contributed by atoms with van der Waals surface area (Å²) in [4.78, 5) is 13.4. The molecule has 4 atom stereocenters. The summed E-state index contributed by atoms with van der Waals surface area (Å²) < 4.78 is 6.80. The van der Waals surface area contributed by atoms with E-state index in [-0.39, 0.29) is 18.1 Å². The summed E-state index contributed by atoms with van der Waals surface area (Å²) in [5.74, 6) is 0.676. The highest BCUT2D eigenvalue weighted by Gasteiger charge is 2.41. The zero-order chi connectivity index (χ0) is 12.6. The van der Waals surface area contributed by atoms with Crippen LogP contribution in [-0.4, -0.2) is 18.0 Å². The maximum atomic E-state index is 12.3. The molecule has 1 aliphatic heterocycles. The molecule has 1 aromatic heterocycles. The SMILES string of the molecule is CC1OC(C)C(C(=O)Cc2ccc(Br)s2)C1C. The molecule has 17 heavy (non-hydrogen) atoms. The molecule has 0 aliphatic carbocycles. The van der Waals surface area contributed by atoms with E-state index >= 15 is 0 Å². The first-order valence-electron chi connectivity index (χ1n) is 5.91. The molecule has 1 fully saturated rings. The monoisotopic (exact) mass is 316 g/mol. The molecule has 4 heteroatoms. The van der Waals surface area contributed by atoms with Crippen LogP contribution in [0.2, 0.25) is 0 Å². The van der Waals surface area contributed by atoms with E-state index in [2.05, 4.69) is 29.8 Å². The fourth-order valence-corrected chi connectivity index (χ4v) is 4.05. The van der Waals surface area contributed by atoms with Crippen molar-refractivity contribution in [3.63, 3.8) is 0 Å². The van der Waals surface area contributed by atoms with Crippen LogP contribution in [-0.2, 0) is 16.0 Å². The Hall–Kier alpha value is -0.190. The van der Waals surface area contributed by atoms with Crippen LogP contribution in [0.25, 0.3) is 0 Å². The van der Waals surface area contributed by atoms with E-state index in [9.17, 15) is 4.79 Å². The van der Waals surface area contributed by atoms with E-state index in [1.165, 1.54) is 0 Å². The Morgan fingerprint density at radius 3 is 2.53 bits per heavy atom. The van der Waals surface area contributed by atoms with Crippen LogP contribution in [0.15, 0.2) is 15.9 Å². The molecule has 2 nitrogen and oxygen atoms in total. The number of Topliss-reactive ketones (excluding diaryl/α,β-unsaturated/α-hetero) is 1. The lowest BCUT2D eigenvalue weighted by Crippen LogP contribution is -2.27. The Labute approximate surface area is 114 Å². The molecule has 0 spiro atoms. The van der Waals surface area contributed by atoms with Crippen LogP contribution < -0.4 is 0 Å². The van der Waals surface area contributed by atoms with E-state index in [1.807, 2.05) is 19.1 Å². The van der Waals surface area contributed by atoms with E-state index in [4.69, 9.17) is 4.74 Å². The number of carbonyl (C=O) groups is 1. The second-order valence-corrected chi connectivity index (χ2v) is 7.33. The van der Waals surface area contributed by atoms with Crippen LogP contribution in [0.4, 0.5) is 0 Å². The van der Waals surface area contributed by atoms with Crippen molar-refractivity contribution >= 4 is 33.0 Å². The number of hydrogen-bond acceptors (Lipinski definition) is 3. The zero-order valence-electron chi connectivity index (χ0n) is 10.3. The Kier molecular flexibility index (Phi) is 4.06. The molecule has 0 bridgehead atoms. The number of halogens is 1. The van der Waals surface area contributed by atoms with E-state index in [1.54, 1.807) is 11.3 Å². The van der Waals surface area contributed by atoms with Gasteiger partial charge in [-0.05, 0) is 47.8 Å². The van der Waals surface area contributed by atoms with Crippen molar-refractivity contribution in [1.82, 2.24) is 0 Å². The molecular formula is C13H17BrO2S. The van der Waals surface area contributed by atoms with Gasteiger partial charge < -0.3 is 4.74 Å². The predicted octanol–water partition coefficient (Wildman–Crippen LogP) is 3.68. The minimum atomic E-state index is 0.0471. The summed E-state index contributed by atoms with van der Waals surface area (Å²) in [6.07, 6.45) is 0.774. The first-order chi connectivity index (χ1) is 7.99. The number of ether oxygens (including phenoxy) is 1. The summed E-state index contributed by atoms with van der Waals surface area (Å²) in [6.45, 7) is 6.17. The summed E-state index contributed by atoms with van der Waals surface area (Å²) in [5, 5.41) is 0. The Bertz CT molecular complexity index is 415. The lowest BCUT2D eigenvalue weighted by atomic mass is 9.85. The van der Waals surface area contributed by atoms with Crippen molar-refractivity contribution in [2.24, 2.45) is 11.8 Å². The summed E-state index contributed by atoms with van der Waals surface area (Å²) >= 11 is 5.05. The summed E-state index contributed by atoms with van der Waals surface area (Å²) in [7, 11) is 0. The average Bonchev–Trinajstić information content (AvgIpc) is 2.73. The van der Waals surface area contributed by atoms with Gasteiger partial charge in [0.05, 0.1) is 16.0 Å². The lowest BCUT2D eigenvalue weighted by molar-refractivity contribution is -0.124. The number of carbonyl (C=O) groups excluding carboxylic acids is 1. The molecule has 0 radical (unpaired) electrons. The van der Waals surface area contributed by atoms with Crippen LogP contribution in [0.1, 0.15) is 25.6 Å². The average molecular weight is 317 g/mol. The van der Waals surface area contributed by atoms with Gasteiger partial charge in [0.1, 0.15) is 5.78 Å². The summed E-state index contributed by atoms with van der Waals surface area (Å²) in [6, 6.07) is 4.01. The van der Waals surface area contributed by atoms with Crippen molar-refractivity contribution in [3.05, 3.63) is 20.8 Å². The van der Waals surface area contributed by atoms with Gasteiger partial charge in [0.2, 0.25) is 0 Å². The third kappa shape index (κ3) is 2.80. The first-order valence-corrected chi connectivity index (χ1v) is 7.52. The Morgan fingerprint density at radius 2 is 2.06 bits per heavy atom. The van der Waals surface area contributed by atoms with Crippen molar-refractivity contribution in [2.75, 3.05) is 0 Å². The largest absolute Gasteiger partial charge is 0.375 e. The minimum Gasteiger partial charge on any atom is -0.375 e. The van der Waals surface area contributed by atoms with Crippen molar-refractivity contribution in [3.8, 4) is 0 Å². The fraction of sp³-hybridized carbons (Fsp3) is 0.615. The second-order valence-electron chi connectivity index (χ2n) is 4.78. The van der Waals surface area contributed by atoms with Gasteiger partial charge in [-0.25, -0.2) is 0 Å². The third-order valence-electron chi connectivity index (χ3n) is 3.59. The molecular weight excluding hydrogens is 300 g/mol. The van der Waals surface area contributed by atoms with Crippen molar-refractivity contribution < 1.29 is 9.53 Å². The molecule has 1 aromatic rings. The van der Waals surface area contributed by atoms with Crippen molar-refractivity contribution in [1.29, 1.82) is 0 Å². The van der Waals surface area contributed by atoms with Gasteiger partial charge in [0, 0.05) is 17.2 Å². The second kappa shape index (κ2) is 5.21. The van der Waals surface area contributed by atoms with Gasteiger partial charge in [-0.2, -0.15) is 0 Å². The molecule has 4 unspecified atom stereocenters. The lowest BCUT2D eigenvalue weighted by Gasteiger charge is -2.16. The van der Waals surface area contributed by atoms with E-state index in [0.29, 0.717) is 18.1 Å². The highest BCUT2D eigenvalue weighted by atomic mass is 79.9. The number of thiophene rings is 1. The fourth-order valence-electron chi connectivity index (χ4n) is 2.56. The van der Waals surface area contributed by atoms with Gasteiger partial charge in [0.15, 0.2) is 0 Å². The van der Waals surface area contributed by atoms with Crippen molar-refractivity contribution in [2.45, 2.75) is 39.4 Å². The van der Waals surface area contributed by atoms with E-state index in [0.717, 1.165) is 8.66 Å². The van der Waals surface area contributed by atoms with Crippen LogP contribution in [0.3, 0.4) is 0 Å². The topological polar surface area (TPSA) is 26.3 Å².